The highest BCUT2D eigenvalue weighted by atomic mass is 28.4. The van der Waals surface area contributed by atoms with Gasteiger partial charge in [0.15, 0.2) is 0 Å². The lowest BCUT2D eigenvalue weighted by Gasteiger charge is -2.40. The van der Waals surface area contributed by atoms with E-state index in [0.29, 0.717) is 31.2 Å². The van der Waals surface area contributed by atoms with E-state index < -0.39 is 16.1 Å². The van der Waals surface area contributed by atoms with Gasteiger partial charge in [-0.3, -0.25) is 0 Å². The van der Waals surface area contributed by atoms with Crippen LogP contribution in [0.1, 0.15) is 18.4 Å². The van der Waals surface area contributed by atoms with Crippen molar-refractivity contribution in [1.29, 1.82) is 0 Å². The first-order valence-electron chi connectivity index (χ1n) is 9.51. The molecule has 0 unspecified atom stereocenters. The van der Waals surface area contributed by atoms with E-state index in [1.807, 2.05) is 24.3 Å². The molecule has 0 aromatic heterocycles. The van der Waals surface area contributed by atoms with Gasteiger partial charge in [0.25, 0.3) is 0 Å². The molecular weight excluding hydrogens is 356 g/mol. The van der Waals surface area contributed by atoms with E-state index in [4.69, 9.17) is 9.47 Å². The SMILES string of the molecule is C=C(C[C@@H](O)CCOCc1ccc(OC)cc1)C([Si](C)(C)C)[Si](C)(C)C. The minimum atomic E-state index is -1.33. The molecule has 0 spiro atoms. The predicted octanol–water partition coefficient (Wildman–Crippen LogP) is 5.49. The van der Waals surface area contributed by atoms with E-state index in [1.165, 1.54) is 5.57 Å². The summed E-state index contributed by atoms with van der Waals surface area (Å²) in [6, 6.07) is 7.88. The number of ether oxygens (including phenoxy) is 2. The Kier molecular flexibility index (Phi) is 8.80. The Labute approximate surface area is 162 Å². The van der Waals surface area contributed by atoms with Crippen LogP contribution in [0.2, 0.25) is 44.4 Å². The molecule has 1 rings (SSSR count). The fourth-order valence-electron chi connectivity index (χ4n) is 4.18. The molecule has 1 atom stereocenters. The molecule has 0 amide bonds. The first kappa shape index (κ1) is 23.2. The Balaban J connectivity index is 2.42. The van der Waals surface area contributed by atoms with Gasteiger partial charge in [0.2, 0.25) is 0 Å². The van der Waals surface area contributed by atoms with Crippen LogP contribution in [0.4, 0.5) is 0 Å². The zero-order valence-corrected chi connectivity index (χ0v) is 19.8. The van der Waals surface area contributed by atoms with Gasteiger partial charge >= 0.3 is 0 Å². The van der Waals surface area contributed by atoms with E-state index in [1.54, 1.807) is 7.11 Å². The van der Waals surface area contributed by atoms with Crippen molar-refractivity contribution in [3.63, 3.8) is 0 Å². The summed E-state index contributed by atoms with van der Waals surface area (Å²) in [7, 11) is -1.00. The van der Waals surface area contributed by atoms with E-state index >= 15 is 0 Å². The fraction of sp³-hybridized carbons (Fsp3) is 0.619. The number of hydrogen-bond donors (Lipinski definition) is 1. The van der Waals surface area contributed by atoms with Gasteiger partial charge in [-0.05, 0) is 35.7 Å². The van der Waals surface area contributed by atoms with Gasteiger partial charge in [-0.2, -0.15) is 0 Å². The molecular formula is C21H38O3Si2. The Bertz CT molecular complexity index is 542. The average molecular weight is 395 g/mol. The van der Waals surface area contributed by atoms with Crippen LogP contribution in [0.3, 0.4) is 0 Å². The summed E-state index contributed by atoms with van der Waals surface area (Å²) in [5.74, 6) is 0.849. The molecule has 0 radical (unpaired) electrons. The maximum Gasteiger partial charge on any atom is 0.118 e. The van der Waals surface area contributed by atoms with Crippen molar-refractivity contribution in [3.05, 3.63) is 42.0 Å². The summed E-state index contributed by atoms with van der Waals surface area (Å²) >= 11 is 0. The highest BCUT2D eigenvalue weighted by Gasteiger charge is 2.39. The number of aliphatic hydroxyl groups excluding tert-OH is 1. The summed E-state index contributed by atoms with van der Waals surface area (Å²) in [6.45, 7) is 20.0. The molecule has 0 aliphatic carbocycles. The van der Waals surface area contributed by atoms with Gasteiger partial charge in [-0.15, -0.1) is 6.58 Å². The van der Waals surface area contributed by atoms with Crippen molar-refractivity contribution < 1.29 is 14.6 Å². The Hall–Kier alpha value is -0.886. The van der Waals surface area contributed by atoms with E-state index in [0.717, 1.165) is 11.3 Å². The van der Waals surface area contributed by atoms with Crippen molar-refractivity contribution in [3.8, 4) is 5.75 Å². The van der Waals surface area contributed by atoms with E-state index in [-0.39, 0.29) is 6.10 Å². The largest absolute Gasteiger partial charge is 0.497 e. The monoisotopic (exact) mass is 394 g/mol. The topological polar surface area (TPSA) is 38.7 Å². The number of aliphatic hydroxyl groups is 1. The zero-order valence-electron chi connectivity index (χ0n) is 17.8. The van der Waals surface area contributed by atoms with Gasteiger partial charge < -0.3 is 14.6 Å². The number of benzene rings is 1. The molecule has 26 heavy (non-hydrogen) atoms. The Morgan fingerprint density at radius 3 is 2.04 bits per heavy atom. The fourth-order valence-corrected chi connectivity index (χ4v) is 17.3. The lowest BCUT2D eigenvalue weighted by atomic mass is 10.1. The molecule has 1 N–H and O–H groups in total. The lowest BCUT2D eigenvalue weighted by molar-refractivity contribution is 0.0735. The maximum atomic E-state index is 10.4. The molecule has 0 heterocycles. The molecule has 1 aromatic rings. The third-order valence-corrected chi connectivity index (χ3v) is 14.1. The van der Waals surface area contributed by atoms with Crippen LogP contribution in [-0.4, -0.2) is 41.1 Å². The molecule has 5 heteroatoms. The molecule has 3 nitrogen and oxygen atoms in total. The van der Waals surface area contributed by atoms with E-state index in [9.17, 15) is 5.11 Å². The number of hydrogen-bond acceptors (Lipinski definition) is 3. The van der Waals surface area contributed by atoms with Gasteiger partial charge in [0, 0.05) is 22.8 Å². The van der Waals surface area contributed by atoms with Gasteiger partial charge in [0.05, 0.1) is 19.8 Å². The van der Waals surface area contributed by atoms with Crippen LogP contribution in [0, 0.1) is 0 Å². The molecule has 0 aliphatic heterocycles. The molecule has 0 saturated heterocycles. The molecule has 0 bridgehead atoms. The second kappa shape index (κ2) is 9.88. The Morgan fingerprint density at radius 1 is 1.04 bits per heavy atom. The molecule has 1 aromatic carbocycles. The minimum Gasteiger partial charge on any atom is -0.497 e. The van der Waals surface area contributed by atoms with Crippen molar-refractivity contribution in [1.82, 2.24) is 0 Å². The third kappa shape index (κ3) is 7.78. The van der Waals surface area contributed by atoms with Crippen LogP contribution < -0.4 is 4.74 Å². The summed E-state index contributed by atoms with van der Waals surface area (Å²) < 4.78 is 10.9. The zero-order chi connectivity index (χ0) is 20.0. The first-order valence-corrected chi connectivity index (χ1v) is 16.7. The summed E-state index contributed by atoms with van der Waals surface area (Å²) in [5, 5.41) is 11.1. The second-order valence-electron chi connectivity index (χ2n) is 9.37. The highest BCUT2D eigenvalue weighted by molar-refractivity contribution is 6.97. The van der Waals surface area contributed by atoms with Crippen molar-refractivity contribution in [2.45, 2.75) is 70.0 Å². The van der Waals surface area contributed by atoms with Crippen LogP contribution in [0.25, 0.3) is 0 Å². The predicted molar refractivity (Wildman–Crippen MR) is 117 cm³/mol. The lowest BCUT2D eigenvalue weighted by Crippen LogP contribution is -2.45. The second-order valence-corrected chi connectivity index (χ2v) is 20.6. The quantitative estimate of drug-likeness (QED) is 0.306. The van der Waals surface area contributed by atoms with Gasteiger partial charge in [-0.1, -0.05) is 57.0 Å². The summed E-state index contributed by atoms with van der Waals surface area (Å²) in [5.41, 5.74) is 2.37. The normalized spacial score (nSPS) is 13.7. The van der Waals surface area contributed by atoms with Crippen LogP contribution >= 0.6 is 0 Å². The van der Waals surface area contributed by atoms with Crippen molar-refractivity contribution >= 4 is 16.1 Å². The Morgan fingerprint density at radius 2 is 1.58 bits per heavy atom. The minimum absolute atomic E-state index is 0.367. The maximum absolute atomic E-state index is 10.4. The summed E-state index contributed by atoms with van der Waals surface area (Å²) in [6.07, 6.45) is 0.985. The third-order valence-electron chi connectivity index (χ3n) is 4.66. The standard InChI is InChI=1S/C21H38O3Si2/c1-17(21(25(3,4)5)26(6,7)8)15-19(22)13-14-24-16-18-9-11-20(23-2)12-10-18/h9-12,19,21-22H,1,13-16H2,2-8H3/t19-/m0/s1. The highest BCUT2D eigenvalue weighted by Crippen LogP contribution is 2.39. The van der Waals surface area contributed by atoms with Crippen LogP contribution in [0.5, 0.6) is 5.75 Å². The van der Waals surface area contributed by atoms with E-state index in [2.05, 4.69) is 45.9 Å². The smallest absolute Gasteiger partial charge is 0.118 e. The van der Waals surface area contributed by atoms with Crippen molar-refractivity contribution in [2.75, 3.05) is 13.7 Å². The molecule has 148 valence electrons. The van der Waals surface area contributed by atoms with Crippen LogP contribution in [-0.2, 0) is 11.3 Å². The molecule has 0 saturated carbocycles. The average Bonchev–Trinajstić information content (AvgIpc) is 2.49. The number of methoxy groups -OCH3 is 1. The molecule has 0 aliphatic rings. The van der Waals surface area contributed by atoms with Crippen LogP contribution in [0.15, 0.2) is 36.4 Å². The first-order chi connectivity index (χ1) is 11.9. The van der Waals surface area contributed by atoms with Gasteiger partial charge in [0.1, 0.15) is 5.75 Å². The molecule has 0 fully saturated rings. The van der Waals surface area contributed by atoms with Gasteiger partial charge in [-0.25, -0.2) is 0 Å². The summed E-state index contributed by atoms with van der Waals surface area (Å²) in [4.78, 5) is 0. The number of rotatable bonds is 11. The van der Waals surface area contributed by atoms with Crippen molar-refractivity contribution in [2.24, 2.45) is 0 Å².